The maximum atomic E-state index is 12.5. The van der Waals surface area contributed by atoms with Gasteiger partial charge in [0, 0.05) is 12.8 Å². The third-order valence-corrected chi connectivity index (χ3v) is 12.9. The van der Waals surface area contributed by atoms with Gasteiger partial charge in [-0.3, -0.25) is 9.59 Å². The predicted molar refractivity (Wildman–Crippen MR) is 260 cm³/mol. The molecule has 2 unspecified atom stereocenters. The van der Waals surface area contributed by atoms with Crippen LogP contribution in [0.25, 0.3) is 0 Å². The Labute approximate surface area is 375 Å². The molecule has 0 fully saturated rings. The van der Waals surface area contributed by atoms with Crippen molar-refractivity contribution in [2.75, 3.05) is 13.2 Å². The topological polar surface area (TPSA) is 95.9 Å². The van der Waals surface area contributed by atoms with E-state index in [1.807, 2.05) is 0 Å². The quantitative estimate of drug-likeness (QED) is 0.0418. The molecule has 0 aliphatic carbocycles. The van der Waals surface area contributed by atoms with E-state index in [1.165, 1.54) is 231 Å². The Morgan fingerprint density at radius 3 is 1.02 bits per heavy atom. The lowest BCUT2D eigenvalue weighted by molar-refractivity contribution is -0.143. The van der Waals surface area contributed by atoms with Gasteiger partial charge in [0.05, 0.1) is 25.4 Å². The molecule has 358 valence electrons. The Morgan fingerprint density at radius 2 is 0.683 bits per heavy atom. The Kier molecular flexibility index (Phi) is 49.5. The van der Waals surface area contributed by atoms with Gasteiger partial charge in [0.2, 0.25) is 5.91 Å². The Morgan fingerprint density at radius 1 is 0.400 bits per heavy atom. The van der Waals surface area contributed by atoms with Gasteiger partial charge in [-0.05, 0) is 25.7 Å². The van der Waals surface area contributed by atoms with Gasteiger partial charge in [0.15, 0.2) is 0 Å². The zero-order valence-electron chi connectivity index (χ0n) is 40.7. The molecule has 0 aromatic carbocycles. The highest BCUT2D eigenvalue weighted by atomic mass is 16.5. The Hall–Kier alpha value is -1.14. The standard InChI is InChI=1S/C54H107NO5/c1-3-5-7-9-11-13-15-16-17-18-20-23-27-30-34-38-42-46-52(57)51(50-56)55-53(58)47-43-39-35-31-28-24-21-19-22-25-29-33-37-41-45-49-60-54(59)48-44-40-36-32-26-14-12-10-8-6-4-2/h51-52,56-57H,3-50H2,1-2H3,(H,55,58). The van der Waals surface area contributed by atoms with E-state index in [-0.39, 0.29) is 18.5 Å². The van der Waals surface area contributed by atoms with Crippen molar-refractivity contribution in [1.82, 2.24) is 5.32 Å². The van der Waals surface area contributed by atoms with E-state index >= 15 is 0 Å². The summed E-state index contributed by atoms with van der Waals surface area (Å²) in [6, 6.07) is -0.546. The van der Waals surface area contributed by atoms with Gasteiger partial charge < -0.3 is 20.3 Å². The lowest BCUT2D eigenvalue weighted by Crippen LogP contribution is -2.45. The molecule has 0 heterocycles. The minimum Gasteiger partial charge on any atom is -0.466 e. The van der Waals surface area contributed by atoms with Gasteiger partial charge >= 0.3 is 5.97 Å². The van der Waals surface area contributed by atoms with E-state index in [4.69, 9.17) is 4.74 Å². The number of nitrogens with one attached hydrogen (secondary N) is 1. The molecule has 3 N–H and O–H groups in total. The SMILES string of the molecule is CCCCCCCCCCCCCCCCCCCC(O)C(CO)NC(=O)CCCCCCCCCCCCCCCCCOC(=O)CCCCCCCCCCCCC. The van der Waals surface area contributed by atoms with E-state index in [9.17, 15) is 19.8 Å². The number of rotatable bonds is 51. The first kappa shape index (κ1) is 58.9. The van der Waals surface area contributed by atoms with Crippen LogP contribution in [-0.2, 0) is 14.3 Å². The fraction of sp³-hybridized carbons (Fsp3) is 0.963. The first-order chi connectivity index (χ1) is 29.5. The molecule has 60 heavy (non-hydrogen) atoms. The summed E-state index contributed by atoms with van der Waals surface area (Å²) in [6.45, 7) is 4.95. The average molecular weight is 850 g/mol. The van der Waals surface area contributed by atoms with Crippen molar-refractivity contribution in [2.24, 2.45) is 0 Å². The summed E-state index contributed by atoms with van der Waals surface area (Å²) in [5.74, 6) is -0.0393. The van der Waals surface area contributed by atoms with Crippen molar-refractivity contribution in [1.29, 1.82) is 0 Å². The molecule has 0 saturated carbocycles. The van der Waals surface area contributed by atoms with Crippen LogP contribution in [-0.4, -0.2) is 47.4 Å². The van der Waals surface area contributed by atoms with E-state index in [0.29, 0.717) is 25.9 Å². The van der Waals surface area contributed by atoms with Crippen molar-refractivity contribution in [2.45, 2.75) is 321 Å². The molecule has 0 aliphatic heterocycles. The zero-order valence-corrected chi connectivity index (χ0v) is 40.7. The largest absolute Gasteiger partial charge is 0.466 e. The number of unbranched alkanes of at least 4 members (excludes halogenated alkanes) is 40. The summed E-state index contributed by atoms with van der Waals surface area (Å²) >= 11 is 0. The summed E-state index contributed by atoms with van der Waals surface area (Å²) in [7, 11) is 0. The number of hydrogen-bond acceptors (Lipinski definition) is 5. The lowest BCUT2D eigenvalue weighted by Gasteiger charge is -2.22. The van der Waals surface area contributed by atoms with Gasteiger partial charge in [-0.2, -0.15) is 0 Å². The molecule has 0 aromatic heterocycles. The number of carbonyl (C=O) groups is 2. The van der Waals surface area contributed by atoms with Crippen molar-refractivity contribution >= 4 is 11.9 Å². The van der Waals surface area contributed by atoms with Gasteiger partial charge in [-0.1, -0.05) is 271 Å². The van der Waals surface area contributed by atoms with Crippen LogP contribution in [0.1, 0.15) is 309 Å². The fourth-order valence-electron chi connectivity index (χ4n) is 8.70. The molecular weight excluding hydrogens is 743 g/mol. The van der Waals surface area contributed by atoms with Gasteiger partial charge in [-0.15, -0.1) is 0 Å². The second-order valence-corrected chi connectivity index (χ2v) is 18.9. The molecule has 0 radical (unpaired) electrons. The third kappa shape index (κ3) is 46.4. The number of carbonyl (C=O) groups excluding carboxylic acids is 2. The highest BCUT2D eigenvalue weighted by Crippen LogP contribution is 2.17. The van der Waals surface area contributed by atoms with Crippen molar-refractivity contribution in [3.05, 3.63) is 0 Å². The van der Waals surface area contributed by atoms with Gasteiger partial charge in [0.25, 0.3) is 0 Å². The van der Waals surface area contributed by atoms with Crippen LogP contribution < -0.4 is 5.32 Å². The highest BCUT2D eigenvalue weighted by molar-refractivity contribution is 5.76. The summed E-state index contributed by atoms with van der Waals surface area (Å²) in [5.41, 5.74) is 0. The summed E-state index contributed by atoms with van der Waals surface area (Å²) in [4.78, 5) is 24.5. The molecule has 6 heteroatoms. The van der Waals surface area contributed by atoms with Crippen LogP contribution >= 0.6 is 0 Å². The highest BCUT2D eigenvalue weighted by Gasteiger charge is 2.20. The molecule has 1 amide bonds. The van der Waals surface area contributed by atoms with Gasteiger partial charge in [0.1, 0.15) is 0 Å². The summed E-state index contributed by atoms with van der Waals surface area (Å²) in [5, 5.41) is 23.3. The van der Waals surface area contributed by atoms with Gasteiger partial charge in [-0.25, -0.2) is 0 Å². The second kappa shape index (κ2) is 50.5. The first-order valence-corrected chi connectivity index (χ1v) is 27.3. The smallest absolute Gasteiger partial charge is 0.305 e. The minimum atomic E-state index is -0.668. The lowest BCUT2D eigenvalue weighted by atomic mass is 10.0. The zero-order chi connectivity index (χ0) is 43.7. The first-order valence-electron chi connectivity index (χ1n) is 27.3. The number of aliphatic hydroxyl groups is 2. The number of hydrogen-bond donors (Lipinski definition) is 3. The normalized spacial score (nSPS) is 12.5. The van der Waals surface area contributed by atoms with E-state index in [1.54, 1.807) is 0 Å². The number of esters is 1. The van der Waals surface area contributed by atoms with Crippen molar-refractivity contribution in [3.63, 3.8) is 0 Å². The maximum Gasteiger partial charge on any atom is 0.305 e. The van der Waals surface area contributed by atoms with Crippen LogP contribution in [0.2, 0.25) is 0 Å². The fourth-order valence-corrected chi connectivity index (χ4v) is 8.70. The monoisotopic (exact) mass is 850 g/mol. The summed E-state index contributed by atoms with van der Waals surface area (Å²) < 4.78 is 5.45. The number of amides is 1. The number of ether oxygens (including phenoxy) is 1. The molecule has 0 saturated heterocycles. The molecule has 0 spiro atoms. The van der Waals surface area contributed by atoms with Crippen molar-refractivity contribution in [3.8, 4) is 0 Å². The second-order valence-electron chi connectivity index (χ2n) is 18.9. The van der Waals surface area contributed by atoms with Crippen LogP contribution in [0.4, 0.5) is 0 Å². The van der Waals surface area contributed by atoms with Crippen LogP contribution in [0.15, 0.2) is 0 Å². The van der Waals surface area contributed by atoms with Crippen LogP contribution in [0.5, 0.6) is 0 Å². The van der Waals surface area contributed by atoms with Crippen molar-refractivity contribution < 1.29 is 24.5 Å². The van der Waals surface area contributed by atoms with E-state index in [0.717, 1.165) is 44.9 Å². The maximum absolute atomic E-state index is 12.5. The minimum absolute atomic E-state index is 0.00122. The van der Waals surface area contributed by atoms with E-state index in [2.05, 4.69) is 19.2 Å². The molecular formula is C54H107NO5. The van der Waals surface area contributed by atoms with E-state index < -0.39 is 12.1 Å². The molecule has 0 aromatic rings. The molecule has 0 rings (SSSR count). The Balaban J connectivity index is 3.43. The predicted octanol–water partition coefficient (Wildman–Crippen LogP) is 16.4. The molecule has 0 aliphatic rings. The third-order valence-electron chi connectivity index (χ3n) is 12.9. The molecule has 0 bridgehead atoms. The average Bonchev–Trinajstić information content (AvgIpc) is 3.25. The molecule has 2 atom stereocenters. The Bertz CT molecular complexity index is 852. The van der Waals surface area contributed by atoms with Crippen LogP contribution in [0.3, 0.4) is 0 Å². The summed E-state index contributed by atoms with van der Waals surface area (Å²) in [6.07, 6.45) is 56.5. The van der Waals surface area contributed by atoms with Crippen LogP contribution in [0, 0.1) is 0 Å². The molecule has 6 nitrogen and oxygen atoms in total. The number of aliphatic hydroxyl groups excluding tert-OH is 2.